The average molecular weight is 799 g/mol. The van der Waals surface area contributed by atoms with Gasteiger partial charge in [-0.15, -0.1) is 0 Å². The van der Waals surface area contributed by atoms with E-state index >= 15 is 0 Å². The molecule has 0 aromatic carbocycles. The first-order valence-corrected chi connectivity index (χ1v) is 21.8. The van der Waals surface area contributed by atoms with Gasteiger partial charge in [-0.25, -0.2) is 4.57 Å². The second kappa shape index (κ2) is 33.5. The quantitative estimate of drug-likeness (QED) is 0.0259. The third kappa shape index (κ3) is 29.6. The first kappa shape index (κ1) is 50.4. The van der Waals surface area contributed by atoms with Crippen LogP contribution in [0.2, 0.25) is 0 Å². The van der Waals surface area contributed by atoms with Gasteiger partial charge in [-0.1, -0.05) is 136 Å². The van der Waals surface area contributed by atoms with Crippen molar-refractivity contribution < 1.29 is 47.8 Å². The summed E-state index contributed by atoms with van der Waals surface area (Å²) in [6, 6.07) is 0. The molecule has 0 bridgehead atoms. The Morgan fingerprint density at radius 1 is 0.750 bits per heavy atom. The Balaban J connectivity index is 2.33. The number of ether oxygens (including phenoxy) is 2. The van der Waals surface area contributed by atoms with Crippen LogP contribution in [0.1, 0.15) is 117 Å². The molecule has 10 nitrogen and oxygen atoms in total. The average Bonchev–Trinajstić information content (AvgIpc) is 3.52. The highest BCUT2D eigenvalue weighted by Gasteiger charge is 2.27. The van der Waals surface area contributed by atoms with Crippen LogP contribution in [0.5, 0.6) is 0 Å². The summed E-state index contributed by atoms with van der Waals surface area (Å²) in [6.07, 6.45) is 45.9. The van der Waals surface area contributed by atoms with E-state index < -0.39 is 45.2 Å². The van der Waals surface area contributed by atoms with Crippen LogP contribution in [-0.4, -0.2) is 58.0 Å². The van der Waals surface area contributed by atoms with Crippen LogP contribution in [0.3, 0.4) is 0 Å². The largest absolute Gasteiger partial charge is 0.469 e. The van der Waals surface area contributed by atoms with Gasteiger partial charge in [-0.05, 0) is 82.6 Å². The van der Waals surface area contributed by atoms with Gasteiger partial charge in [0.1, 0.15) is 6.61 Å². The molecule has 4 atom stereocenters. The fraction of sp³-hybridized carbons (Fsp3) is 0.533. The van der Waals surface area contributed by atoms with Gasteiger partial charge < -0.3 is 24.4 Å². The van der Waals surface area contributed by atoms with Crippen molar-refractivity contribution in [3.63, 3.8) is 0 Å². The van der Waals surface area contributed by atoms with Gasteiger partial charge in [0.15, 0.2) is 11.9 Å². The van der Waals surface area contributed by atoms with Crippen molar-refractivity contribution in [1.29, 1.82) is 0 Å². The van der Waals surface area contributed by atoms with Gasteiger partial charge in [0, 0.05) is 18.8 Å². The number of esters is 2. The van der Waals surface area contributed by atoms with Crippen molar-refractivity contribution >= 4 is 25.5 Å². The number of phosphoric ester groups is 1. The number of carbonyl (C=O) groups excluding carboxylic acids is 3. The number of aliphatic hydroxyl groups is 1. The smallest absolute Gasteiger partial charge is 0.462 e. The SMILES string of the molecule is CC/C=C\C/C=C\C/C=C\C/C=C\C/C=C\C/C=C\CCC(=O)OC[C@H](COP(=O)(O)O)OC(=O)CCC/C=C\C[C@H]1C=CC(=O)[C@@H]1/C=C/[C@@H](O)CCCCC. The highest BCUT2D eigenvalue weighted by Crippen LogP contribution is 2.36. The molecule has 312 valence electrons. The van der Waals surface area contributed by atoms with E-state index in [1.54, 1.807) is 12.2 Å². The Kier molecular flexibility index (Phi) is 30.1. The summed E-state index contributed by atoms with van der Waals surface area (Å²) in [7, 11) is -4.84. The molecule has 0 aromatic heterocycles. The van der Waals surface area contributed by atoms with Crippen LogP contribution in [0.4, 0.5) is 0 Å². The summed E-state index contributed by atoms with van der Waals surface area (Å²) < 4.78 is 26.3. The fourth-order valence-corrected chi connectivity index (χ4v) is 5.81. The molecule has 1 aliphatic rings. The molecule has 0 saturated carbocycles. The second-order valence-electron chi connectivity index (χ2n) is 13.5. The number of carbonyl (C=O) groups is 3. The lowest BCUT2D eigenvalue weighted by Gasteiger charge is -2.18. The van der Waals surface area contributed by atoms with Crippen LogP contribution in [-0.2, 0) is 32.9 Å². The number of hydrogen-bond acceptors (Lipinski definition) is 8. The first-order valence-electron chi connectivity index (χ1n) is 20.2. The number of aliphatic hydroxyl groups excluding tert-OH is 1. The lowest BCUT2D eigenvalue weighted by atomic mass is 9.90. The maximum Gasteiger partial charge on any atom is 0.469 e. The number of rotatable bonds is 32. The molecule has 1 aliphatic carbocycles. The van der Waals surface area contributed by atoms with Crippen molar-refractivity contribution in [2.45, 2.75) is 129 Å². The topological polar surface area (TPSA) is 157 Å². The summed E-state index contributed by atoms with van der Waals surface area (Å²) in [5.74, 6) is -1.42. The lowest BCUT2D eigenvalue weighted by molar-refractivity contribution is -0.161. The van der Waals surface area contributed by atoms with E-state index in [-0.39, 0.29) is 30.5 Å². The summed E-state index contributed by atoms with van der Waals surface area (Å²) in [5, 5.41) is 10.2. The molecule has 1 rings (SSSR count). The van der Waals surface area contributed by atoms with Crippen LogP contribution in [0.15, 0.2) is 109 Å². The van der Waals surface area contributed by atoms with Crippen LogP contribution in [0.25, 0.3) is 0 Å². The van der Waals surface area contributed by atoms with E-state index in [4.69, 9.17) is 19.3 Å². The summed E-state index contributed by atoms with van der Waals surface area (Å²) in [5.41, 5.74) is 0. The van der Waals surface area contributed by atoms with Gasteiger partial charge >= 0.3 is 19.8 Å². The lowest BCUT2D eigenvalue weighted by Crippen LogP contribution is -2.29. The minimum atomic E-state index is -4.84. The van der Waals surface area contributed by atoms with Gasteiger partial charge in [0.05, 0.1) is 12.7 Å². The summed E-state index contributed by atoms with van der Waals surface area (Å²) in [6.45, 7) is 3.21. The highest BCUT2D eigenvalue weighted by molar-refractivity contribution is 7.46. The second-order valence-corrected chi connectivity index (χ2v) is 14.8. The zero-order valence-electron chi connectivity index (χ0n) is 33.6. The van der Waals surface area contributed by atoms with E-state index in [0.717, 1.165) is 57.8 Å². The van der Waals surface area contributed by atoms with Gasteiger partial charge in [0.2, 0.25) is 0 Å². The van der Waals surface area contributed by atoms with Crippen LogP contribution in [0, 0.1) is 11.8 Å². The Hall–Kier alpha value is -3.66. The maximum atomic E-state index is 12.5. The molecule has 0 aliphatic heterocycles. The summed E-state index contributed by atoms with van der Waals surface area (Å²) >= 11 is 0. The third-order valence-corrected chi connectivity index (χ3v) is 9.02. The van der Waals surface area contributed by atoms with Crippen LogP contribution < -0.4 is 0 Å². The van der Waals surface area contributed by atoms with Crippen molar-refractivity contribution in [2.75, 3.05) is 13.2 Å². The monoisotopic (exact) mass is 798 g/mol. The molecule has 56 heavy (non-hydrogen) atoms. The fourth-order valence-electron chi connectivity index (χ4n) is 5.45. The minimum absolute atomic E-state index is 0.00548. The molecule has 0 heterocycles. The predicted molar refractivity (Wildman–Crippen MR) is 224 cm³/mol. The summed E-state index contributed by atoms with van der Waals surface area (Å²) in [4.78, 5) is 55.3. The Morgan fingerprint density at radius 2 is 1.34 bits per heavy atom. The highest BCUT2D eigenvalue weighted by atomic mass is 31.2. The van der Waals surface area contributed by atoms with E-state index in [1.807, 2.05) is 36.5 Å². The first-order chi connectivity index (χ1) is 27.1. The molecule has 0 spiro atoms. The number of allylic oxidation sites excluding steroid dienone is 17. The Morgan fingerprint density at radius 3 is 1.93 bits per heavy atom. The van der Waals surface area contributed by atoms with Crippen molar-refractivity contribution in [2.24, 2.45) is 11.8 Å². The number of unbranched alkanes of at least 4 members (excludes halogenated alkanes) is 3. The molecule has 0 aromatic rings. The third-order valence-electron chi connectivity index (χ3n) is 8.54. The zero-order valence-corrected chi connectivity index (χ0v) is 34.5. The zero-order chi connectivity index (χ0) is 41.1. The molecular weight excluding hydrogens is 731 g/mol. The Bertz CT molecular complexity index is 1410. The number of phosphoric acid groups is 1. The molecular formula is C45H67O10P. The van der Waals surface area contributed by atoms with Gasteiger partial charge in [-0.2, -0.15) is 0 Å². The molecule has 0 unspecified atom stereocenters. The van der Waals surface area contributed by atoms with E-state index in [0.29, 0.717) is 32.1 Å². The van der Waals surface area contributed by atoms with Gasteiger partial charge in [0.25, 0.3) is 0 Å². The molecule has 0 fully saturated rings. The van der Waals surface area contributed by atoms with Crippen molar-refractivity contribution in [3.8, 4) is 0 Å². The van der Waals surface area contributed by atoms with Gasteiger partial charge in [-0.3, -0.25) is 18.9 Å². The van der Waals surface area contributed by atoms with E-state index in [9.17, 15) is 24.1 Å². The van der Waals surface area contributed by atoms with E-state index in [1.165, 1.54) is 0 Å². The predicted octanol–water partition coefficient (Wildman–Crippen LogP) is 10.0. The molecule has 0 saturated heterocycles. The van der Waals surface area contributed by atoms with E-state index in [2.05, 4.69) is 79.1 Å². The number of ketones is 1. The van der Waals surface area contributed by atoms with Crippen molar-refractivity contribution in [3.05, 3.63) is 109 Å². The molecule has 0 radical (unpaired) electrons. The maximum absolute atomic E-state index is 12.5. The molecule has 3 N–H and O–H groups in total. The number of hydrogen-bond donors (Lipinski definition) is 3. The molecule has 11 heteroatoms. The standard InChI is InChI=1S/C45H67O10P/c1-3-5-7-8-9-10-11-12-13-14-15-16-17-18-19-20-21-22-27-31-44(48)53-37-41(38-54-56(50,51)52)55-45(49)32-28-24-23-26-29-39-33-36-43(47)42(39)35-34-40(46)30-25-6-4-2/h5,7,9-10,12-13,15-16,18-19,21-23,26,33-36,39-42,46H,3-4,6,8,11,14,17,20,24-25,27-32,37-38H2,1-2H3,(H2,50,51,52)/b7-5-,10-9-,13-12-,16-15-,19-18-,22-21-,26-23-,35-34+/t39-,40-,41+,42+/m0/s1. The Labute approximate surface area is 335 Å². The van der Waals surface area contributed by atoms with Crippen molar-refractivity contribution in [1.82, 2.24) is 0 Å². The minimum Gasteiger partial charge on any atom is -0.462 e. The molecule has 0 amide bonds. The van der Waals surface area contributed by atoms with Crippen LogP contribution >= 0.6 is 7.82 Å². The normalized spacial score (nSPS) is 17.8.